The van der Waals surface area contributed by atoms with Crippen LogP contribution in [0.3, 0.4) is 0 Å². The fourth-order valence-electron chi connectivity index (χ4n) is 3.64. The number of aromatic amines is 1. The molecule has 25 heavy (non-hydrogen) atoms. The van der Waals surface area contributed by atoms with Crippen LogP contribution in [0, 0.1) is 12.8 Å². The number of aryl methyl sites for hydroxylation is 1. The number of rotatable bonds is 3. The Bertz CT molecular complexity index is 771. The molecule has 6 heteroatoms. The summed E-state index contributed by atoms with van der Waals surface area (Å²) in [5, 5.41) is 7.18. The van der Waals surface area contributed by atoms with Crippen LogP contribution in [-0.2, 0) is 6.42 Å². The number of fused-ring (bicyclic) bond motifs is 1. The number of H-pyrrole nitrogens is 1. The minimum absolute atomic E-state index is 0.0722. The van der Waals surface area contributed by atoms with Crippen LogP contribution in [0.2, 0.25) is 0 Å². The molecule has 132 valence electrons. The normalized spacial score (nSPS) is 19.7. The molecule has 2 aromatic rings. The average molecular weight is 341 g/mol. The largest absolute Gasteiger partial charge is 0.486 e. The molecule has 0 spiro atoms. The van der Waals surface area contributed by atoms with Gasteiger partial charge in [0, 0.05) is 24.3 Å². The molecule has 1 fully saturated rings. The number of nitrogens with zero attached hydrogens (tertiary/aromatic N) is 2. The average Bonchev–Trinajstić information content (AvgIpc) is 3.05. The molecular formula is C19H23N3O3. The third-order valence-electron chi connectivity index (χ3n) is 5.02. The van der Waals surface area contributed by atoms with Crippen LogP contribution < -0.4 is 9.47 Å². The summed E-state index contributed by atoms with van der Waals surface area (Å²) in [5.74, 6) is 1.92. The lowest BCUT2D eigenvalue weighted by atomic mass is 9.92. The van der Waals surface area contributed by atoms with E-state index in [0.29, 0.717) is 36.2 Å². The number of carbonyl (C=O) groups excluding carboxylic acids is 1. The third kappa shape index (κ3) is 3.34. The molecule has 6 nitrogen and oxygen atoms in total. The van der Waals surface area contributed by atoms with Crippen molar-refractivity contribution >= 4 is 5.91 Å². The van der Waals surface area contributed by atoms with Gasteiger partial charge in [0.15, 0.2) is 11.5 Å². The minimum atomic E-state index is 0.0722. The smallest absolute Gasteiger partial charge is 0.254 e. The first-order valence-corrected chi connectivity index (χ1v) is 8.88. The summed E-state index contributed by atoms with van der Waals surface area (Å²) in [7, 11) is 0. The molecule has 0 radical (unpaired) electrons. The SMILES string of the molecule is Cc1cn[nH]c1C[C@H]1CCCN(C(=O)c2ccc3c(c2)OCCO3)C1. The van der Waals surface area contributed by atoms with Gasteiger partial charge in [-0.1, -0.05) is 0 Å². The molecule has 4 rings (SSSR count). The predicted molar refractivity (Wildman–Crippen MR) is 93.1 cm³/mol. The van der Waals surface area contributed by atoms with Gasteiger partial charge in [-0.3, -0.25) is 9.89 Å². The summed E-state index contributed by atoms with van der Waals surface area (Å²) < 4.78 is 11.1. The molecule has 1 aromatic heterocycles. The second kappa shape index (κ2) is 6.78. The highest BCUT2D eigenvalue weighted by atomic mass is 16.6. The van der Waals surface area contributed by atoms with E-state index in [2.05, 4.69) is 17.1 Å². The molecule has 0 bridgehead atoms. The second-order valence-electron chi connectivity index (χ2n) is 6.85. The summed E-state index contributed by atoms with van der Waals surface area (Å²) in [4.78, 5) is 14.9. The van der Waals surface area contributed by atoms with Crippen molar-refractivity contribution in [2.24, 2.45) is 5.92 Å². The number of aromatic nitrogens is 2. The summed E-state index contributed by atoms with van der Waals surface area (Å²) in [6.45, 7) is 4.75. The van der Waals surface area contributed by atoms with Gasteiger partial charge in [-0.05, 0) is 55.9 Å². The summed E-state index contributed by atoms with van der Waals surface area (Å²) in [6, 6.07) is 5.47. The van der Waals surface area contributed by atoms with Gasteiger partial charge in [0.05, 0.1) is 6.20 Å². The van der Waals surface area contributed by atoms with Crippen molar-refractivity contribution in [1.29, 1.82) is 0 Å². The van der Waals surface area contributed by atoms with Crippen LogP contribution >= 0.6 is 0 Å². The van der Waals surface area contributed by atoms with E-state index < -0.39 is 0 Å². The quantitative estimate of drug-likeness (QED) is 0.932. The standard InChI is InChI=1S/C19H23N3O3/c1-13-11-20-21-16(13)9-14-3-2-6-22(12-14)19(23)15-4-5-17-18(10-15)25-8-7-24-17/h4-5,10-11,14H,2-3,6-9,12H2,1H3,(H,20,21)/t14-/m1/s1. The fraction of sp³-hybridized carbons (Fsp3) is 0.474. The monoisotopic (exact) mass is 341 g/mol. The third-order valence-corrected chi connectivity index (χ3v) is 5.02. The Balaban J connectivity index is 1.45. The van der Waals surface area contributed by atoms with Crippen LogP contribution in [0.25, 0.3) is 0 Å². The Morgan fingerprint density at radius 3 is 2.96 bits per heavy atom. The number of hydrogen-bond acceptors (Lipinski definition) is 4. The lowest BCUT2D eigenvalue weighted by Gasteiger charge is -2.33. The number of ether oxygens (including phenoxy) is 2. The maximum Gasteiger partial charge on any atom is 0.254 e. The van der Waals surface area contributed by atoms with E-state index in [1.807, 2.05) is 23.2 Å². The van der Waals surface area contributed by atoms with Crippen molar-refractivity contribution in [1.82, 2.24) is 15.1 Å². The van der Waals surface area contributed by atoms with E-state index >= 15 is 0 Å². The zero-order chi connectivity index (χ0) is 17.2. The number of benzene rings is 1. The van der Waals surface area contributed by atoms with Gasteiger partial charge in [-0.2, -0.15) is 5.10 Å². The number of likely N-dealkylation sites (tertiary alicyclic amines) is 1. The van der Waals surface area contributed by atoms with Gasteiger partial charge in [0.25, 0.3) is 5.91 Å². The van der Waals surface area contributed by atoms with Gasteiger partial charge in [-0.15, -0.1) is 0 Å². The lowest BCUT2D eigenvalue weighted by Crippen LogP contribution is -2.40. The van der Waals surface area contributed by atoms with Crippen molar-refractivity contribution in [2.75, 3.05) is 26.3 Å². The van der Waals surface area contributed by atoms with Crippen molar-refractivity contribution in [3.05, 3.63) is 41.2 Å². The van der Waals surface area contributed by atoms with E-state index in [9.17, 15) is 4.79 Å². The van der Waals surface area contributed by atoms with E-state index in [1.54, 1.807) is 6.07 Å². The second-order valence-corrected chi connectivity index (χ2v) is 6.85. The van der Waals surface area contributed by atoms with Gasteiger partial charge in [0.2, 0.25) is 0 Å². The van der Waals surface area contributed by atoms with Crippen molar-refractivity contribution < 1.29 is 14.3 Å². The summed E-state index contributed by atoms with van der Waals surface area (Å²) in [5.41, 5.74) is 3.04. The Labute approximate surface area is 147 Å². The maximum atomic E-state index is 12.9. The van der Waals surface area contributed by atoms with Gasteiger partial charge < -0.3 is 14.4 Å². The molecule has 2 aliphatic heterocycles. The summed E-state index contributed by atoms with van der Waals surface area (Å²) in [6.07, 6.45) is 4.98. The van der Waals surface area contributed by atoms with Gasteiger partial charge >= 0.3 is 0 Å². The van der Waals surface area contributed by atoms with E-state index in [4.69, 9.17) is 9.47 Å². The highest BCUT2D eigenvalue weighted by Gasteiger charge is 2.26. The maximum absolute atomic E-state index is 12.9. The Hall–Kier alpha value is -2.50. The fourth-order valence-corrected chi connectivity index (χ4v) is 3.64. The van der Waals surface area contributed by atoms with Crippen LogP contribution in [0.1, 0.15) is 34.5 Å². The van der Waals surface area contributed by atoms with E-state index in [-0.39, 0.29) is 5.91 Å². The molecular weight excluding hydrogens is 318 g/mol. The zero-order valence-corrected chi connectivity index (χ0v) is 14.5. The first-order valence-electron chi connectivity index (χ1n) is 8.88. The topological polar surface area (TPSA) is 67.5 Å². The van der Waals surface area contributed by atoms with E-state index in [1.165, 1.54) is 11.3 Å². The number of nitrogens with one attached hydrogen (secondary N) is 1. The highest BCUT2D eigenvalue weighted by Crippen LogP contribution is 2.31. The van der Waals surface area contributed by atoms with E-state index in [0.717, 1.165) is 32.4 Å². The van der Waals surface area contributed by atoms with Crippen LogP contribution in [0.15, 0.2) is 24.4 Å². The molecule has 0 aliphatic carbocycles. The van der Waals surface area contributed by atoms with Crippen LogP contribution in [-0.4, -0.2) is 47.3 Å². The molecule has 1 aromatic carbocycles. The minimum Gasteiger partial charge on any atom is -0.486 e. The molecule has 3 heterocycles. The van der Waals surface area contributed by atoms with Crippen molar-refractivity contribution in [3.8, 4) is 11.5 Å². The molecule has 2 aliphatic rings. The Kier molecular flexibility index (Phi) is 4.34. The van der Waals surface area contributed by atoms with Crippen molar-refractivity contribution in [2.45, 2.75) is 26.2 Å². The van der Waals surface area contributed by atoms with Crippen LogP contribution in [0.4, 0.5) is 0 Å². The van der Waals surface area contributed by atoms with Crippen LogP contribution in [0.5, 0.6) is 11.5 Å². The highest BCUT2D eigenvalue weighted by molar-refractivity contribution is 5.95. The number of piperidine rings is 1. The van der Waals surface area contributed by atoms with Crippen molar-refractivity contribution in [3.63, 3.8) is 0 Å². The number of hydrogen-bond donors (Lipinski definition) is 1. The number of carbonyl (C=O) groups is 1. The summed E-state index contributed by atoms with van der Waals surface area (Å²) >= 11 is 0. The molecule has 0 unspecified atom stereocenters. The van der Waals surface area contributed by atoms with Gasteiger partial charge in [-0.25, -0.2) is 0 Å². The molecule has 0 saturated carbocycles. The first kappa shape index (κ1) is 16.0. The lowest BCUT2D eigenvalue weighted by molar-refractivity contribution is 0.0671. The molecule has 1 N–H and O–H groups in total. The van der Waals surface area contributed by atoms with Gasteiger partial charge in [0.1, 0.15) is 13.2 Å². The Morgan fingerprint density at radius 1 is 1.32 bits per heavy atom. The number of amides is 1. The zero-order valence-electron chi connectivity index (χ0n) is 14.5. The molecule has 1 saturated heterocycles. The Morgan fingerprint density at radius 2 is 2.16 bits per heavy atom. The molecule has 1 amide bonds. The first-order chi connectivity index (χ1) is 12.2. The molecule has 1 atom stereocenters. The predicted octanol–water partition coefficient (Wildman–Crippen LogP) is 2.58.